The van der Waals surface area contributed by atoms with E-state index in [2.05, 4.69) is 10.3 Å². The van der Waals surface area contributed by atoms with E-state index in [0.717, 1.165) is 18.4 Å². The molecule has 2 aliphatic rings. The van der Waals surface area contributed by atoms with Crippen molar-refractivity contribution >= 4 is 11.8 Å². The molecule has 1 N–H and O–H groups in total. The molecule has 0 radical (unpaired) electrons. The minimum absolute atomic E-state index is 0.0600. The Morgan fingerprint density at radius 1 is 1.42 bits per heavy atom. The largest absolute Gasteiger partial charge is 0.495 e. The van der Waals surface area contributed by atoms with Crippen molar-refractivity contribution in [3.05, 3.63) is 24.0 Å². The van der Waals surface area contributed by atoms with E-state index in [0.29, 0.717) is 24.8 Å². The fourth-order valence-electron chi connectivity index (χ4n) is 3.80. The molecule has 0 bridgehead atoms. The predicted octanol–water partition coefficient (Wildman–Crippen LogP) is 2.06. The van der Waals surface area contributed by atoms with Crippen molar-refractivity contribution in [2.45, 2.75) is 51.1 Å². The molecule has 1 aromatic heterocycles. The van der Waals surface area contributed by atoms with E-state index in [1.165, 1.54) is 12.8 Å². The molecule has 0 spiro atoms. The van der Waals surface area contributed by atoms with Gasteiger partial charge in [-0.15, -0.1) is 0 Å². The Kier molecular flexibility index (Phi) is 5.02. The molecular weight excluding hydrogens is 306 g/mol. The second-order valence-corrected chi connectivity index (χ2v) is 6.73. The number of carbonyl (C=O) groups excluding carboxylic acids is 2. The van der Waals surface area contributed by atoms with Crippen molar-refractivity contribution in [1.82, 2.24) is 15.2 Å². The molecule has 6 heteroatoms. The van der Waals surface area contributed by atoms with Gasteiger partial charge in [-0.2, -0.15) is 0 Å². The lowest BCUT2D eigenvalue weighted by Gasteiger charge is -2.24. The van der Waals surface area contributed by atoms with Crippen molar-refractivity contribution in [1.29, 1.82) is 0 Å². The Balaban J connectivity index is 1.61. The Hall–Kier alpha value is -2.11. The lowest BCUT2D eigenvalue weighted by Crippen LogP contribution is -2.37. The molecule has 2 amide bonds. The van der Waals surface area contributed by atoms with Crippen LogP contribution in [0.4, 0.5) is 0 Å². The van der Waals surface area contributed by atoms with Crippen LogP contribution in [0.2, 0.25) is 0 Å². The standard InChI is InChI=1S/C18H25N3O3/c1-12(15-7-8-19-10-16(15)24-2)20-18(23)13-9-17(22)21(11-13)14-5-3-4-6-14/h7-8,10,12-14H,3-6,9,11H2,1-2H3,(H,20,23)/t12-,13-/m0/s1. The summed E-state index contributed by atoms with van der Waals surface area (Å²) in [5.74, 6) is 0.458. The zero-order valence-electron chi connectivity index (χ0n) is 14.3. The molecule has 1 saturated carbocycles. The minimum atomic E-state index is -0.256. The van der Waals surface area contributed by atoms with Crippen LogP contribution in [0, 0.1) is 5.92 Å². The van der Waals surface area contributed by atoms with Crippen LogP contribution < -0.4 is 10.1 Å². The van der Waals surface area contributed by atoms with Gasteiger partial charge >= 0.3 is 0 Å². The third-order valence-electron chi connectivity index (χ3n) is 5.16. The van der Waals surface area contributed by atoms with E-state index in [-0.39, 0.29) is 23.8 Å². The van der Waals surface area contributed by atoms with Crippen molar-refractivity contribution in [2.24, 2.45) is 5.92 Å². The number of hydrogen-bond donors (Lipinski definition) is 1. The monoisotopic (exact) mass is 331 g/mol. The fraction of sp³-hybridized carbons (Fsp3) is 0.611. The summed E-state index contributed by atoms with van der Waals surface area (Å²) in [6.07, 6.45) is 8.16. The van der Waals surface area contributed by atoms with Gasteiger partial charge in [-0.05, 0) is 25.8 Å². The van der Waals surface area contributed by atoms with E-state index in [9.17, 15) is 9.59 Å². The molecule has 0 aromatic carbocycles. The van der Waals surface area contributed by atoms with Gasteiger partial charge in [-0.3, -0.25) is 14.6 Å². The third-order valence-corrected chi connectivity index (χ3v) is 5.16. The first-order valence-corrected chi connectivity index (χ1v) is 8.68. The molecule has 1 aliphatic heterocycles. The molecule has 2 heterocycles. The Labute approximate surface area is 142 Å². The lowest BCUT2D eigenvalue weighted by atomic mass is 10.1. The van der Waals surface area contributed by atoms with Gasteiger partial charge in [-0.1, -0.05) is 12.8 Å². The van der Waals surface area contributed by atoms with Crippen LogP contribution in [0.3, 0.4) is 0 Å². The number of ether oxygens (including phenoxy) is 1. The summed E-state index contributed by atoms with van der Waals surface area (Å²) in [4.78, 5) is 30.8. The maximum Gasteiger partial charge on any atom is 0.225 e. The van der Waals surface area contributed by atoms with Gasteiger partial charge in [0.05, 0.1) is 25.3 Å². The van der Waals surface area contributed by atoms with E-state index in [4.69, 9.17) is 4.74 Å². The Morgan fingerprint density at radius 3 is 2.88 bits per heavy atom. The predicted molar refractivity (Wildman–Crippen MR) is 89.4 cm³/mol. The Bertz CT molecular complexity index is 613. The first kappa shape index (κ1) is 16.7. The summed E-state index contributed by atoms with van der Waals surface area (Å²) < 4.78 is 5.30. The van der Waals surface area contributed by atoms with Crippen molar-refractivity contribution in [2.75, 3.05) is 13.7 Å². The molecule has 0 unspecified atom stereocenters. The highest BCUT2D eigenvalue weighted by atomic mass is 16.5. The average molecular weight is 331 g/mol. The van der Waals surface area contributed by atoms with E-state index in [1.54, 1.807) is 19.5 Å². The van der Waals surface area contributed by atoms with E-state index in [1.807, 2.05) is 17.9 Å². The Morgan fingerprint density at radius 2 is 2.17 bits per heavy atom. The topological polar surface area (TPSA) is 71.5 Å². The van der Waals surface area contributed by atoms with Gasteiger partial charge in [0, 0.05) is 30.8 Å². The highest BCUT2D eigenvalue weighted by molar-refractivity contribution is 5.89. The van der Waals surface area contributed by atoms with Crippen molar-refractivity contribution < 1.29 is 14.3 Å². The van der Waals surface area contributed by atoms with E-state index < -0.39 is 0 Å². The second-order valence-electron chi connectivity index (χ2n) is 6.73. The molecule has 1 saturated heterocycles. The number of amides is 2. The van der Waals surface area contributed by atoms with E-state index >= 15 is 0 Å². The number of pyridine rings is 1. The molecule has 2 fully saturated rings. The molecule has 24 heavy (non-hydrogen) atoms. The highest BCUT2D eigenvalue weighted by Gasteiger charge is 2.38. The maximum atomic E-state index is 12.6. The third kappa shape index (κ3) is 3.37. The van der Waals surface area contributed by atoms with Crippen LogP contribution in [-0.2, 0) is 9.59 Å². The molecule has 3 rings (SSSR count). The average Bonchev–Trinajstić information content (AvgIpc) is 3.23. The molecule has 1 aromatic rings. The van der Waals surface area contributed by atoms with Crippen LogP contribution in [0.25, 0.3) is 0 Å². The second kappa shape index (κ2) is 7.20. The zero-order chi connectivity index (χ0) is 17.1. The first-order chi connectivity index (χ1) is 11.6. The van der Waals surface area contributed by atoms with Gasteiger partial charge < -0.3 is 15.0 Å². The molecule has 130 valence electrons. The summed E-state index contributed by atoms with van der Waals surface area (Å²) in [5, 5.41) is 3.02. The quantitative estimate of drug-likeness (QED) is 0.896. The van der Waals surface area contributed by atoms with Gasteiger partial charge in [0.15, 0.2) is 0 Å². The van der Waals surface area contributed by atoms with Crippen molar-refractivity contribution in [3.8, 4) is 5.75 Å². The van der Waals surface area contributed by atoms with Crippen LogP contribution in [-0.4, -0.2) is 41.4 Å². The summed E-state index contributed by atoms with van der Waals surface area (Å²) in [6, 6.07) is 1.99. The van der Waals surface area contributed by atoms with Gasteiger partial charge in [-0.25, -0.2) is 0 Å². The molecule has 2 atom stereocenters. The molecule has 1 aliphatic carbocycles. The number of carbonyl (C=O) groups is 2. The van der Waals surface area contributed by atoms with Gasteiger partial charge in [0.1, 0.15) is 5.75 Å². The number of hydrogen-bond acceptors (Lipinski definition) is 4. The lowest BCUT2D eigenvalue weighted by molar-refractivity contribution is -0.130. The van der Waals surface area contributed by atoms with Crippen LogP contribution >= 0.6 is 0 Å². The number of likely N-dealkylation sites (tertiary alicyclic amines) is 1. The number of methoxy groups -OCH3 is 1. The molecular formula is C18H25N3O3. The number of nitrogens with zero attached hydrogens (tertiary/aromatic N) is 2. The number of aromatic nitrogens is 1. The van der Waals surface area contributed by atoms with Gasteiger partial charge in [0.2, 0.25) is 11.8 Å². The highest BCUT2D eigenvalue weighted by Crippen LogP contribution is 2.30. The molecule has 6 nitrogen and oxygen atoms in total. The zero-order valence-corrected chi connectivity index (χ0v) is 14.3. The van der Waals surface area contributed by atoms with Gasteiger partial charge in [0.25, 0.3) is 0 Å². The smallest absolute Gasteiger partial charge is 0.225 e. The van der Waals surface area contributed by atoms with Crippen molar-refractivity contribution in [3.63, 3.8) is 0 Å². The van der Waals surface area contributed by atoms with Crippen LogP contribution in [0.1, 0.15) is 50.6 Å². The summed E-state index contributed by atoms with van der Waals surface area (Å²) in [5.41, 5.74) is 0.887. The van der Waals surface area contributed by atoms with Crippen LogP contribution in [0.5, 0.6) is 5.75 Å². The van der Waals surface area contributed by atoms with Crippen LogP contribution in [0.15, 0.2) is 18.5 Å². The summed E-state index contributed by atoms with van der Waals surface area (Å²) in [7, 11) is 1.59. The summed E-state index contributed by atoms with van der Waals surface area (Å²) in [6.45, 7) is 2.47. The normalized spacial score (nSPS) is 22.7. The SMILES string of the molecule is COc1cnccc1[C@H](C)NC(=O)[C@H]1CC(=O)N(C2CCCC2)C1. The maximum absolute atomic E-state index is 12.6. The first-order valence-electron chi connectivity index (χ1n) is 8.68. The summed E-state index contributed by atoms with van der Waals surface area (Å²) >= 11 is 0. The number of rotatable bonds is 5. The number of nitrogens with one attached hydrogen (secondary N) is 1. The fourth-order valence-corrected chi connectivity index (χ4v) is 3.80. The minimum Gasteiger partial charge on any atom is -0.495 e.